The number of nitrogens with zero attached hydrogens (tertiary/aromatic N) is 2. The standard InChI is InChI=1S/C13H25N3O/c1-3-16-8-6-12(7-9-16)15(2)13(17)10-14-11-4-5-11/h11-12,14H,3-10H2,1-2H3. The van der Waals surface area contributed by atoms with Crippen LogP contribution in [0.3, 0.4) is 0 Å². The molecule has 2 fully saturated rings. The van der Waals surface area contributed by atoms with E-state index in [0.717, 1.165) is 32.5 Å². The van der Waals surface area contributed by atoms with Crippen molar-refractivity contribution < 1.29 is 4.79 Å². The van der Waals surface area contributed by atoms with Gasteiger partial charge in [-0.25, -0.2) is 0 Å². The van der Waals surface area contributed by atoms with Crippen LogP contribution < -0.4 is 5.32 Å². The van der Waals surface area contributed by atoms with Crippen molar-refractivity contribution in [2.75, 3.05) is 33.2 Å². The topological polar surface area (TPSA) is 35.6 Å². The highest BCUT2D eigenvalue weighted by Gasteiger charge is 2.26. The maximum absolute atomic E-state index is 12.0. The molecule has 98 valence electrons. The average molecular weight is 239 g/mol. The number of likely N-dealkylation sites (N-methyl/N-ethyl adjacent to an activating group) is 1. The molecule has 0 atom stereocenters. The summed E-state index contributed by atoms with van der Waals surface area (Å²) in [5.74, 6) is 0.256. The number of likely N-dealkylation sites (tertiary alicyclic amines) is 1. The first-order chi connectivity index (χ1) is 8.20. The zero-order valence-electron chi connectivity index (χ0n) is 11.1. The van der Waals surface area contributed by atoms with Gasteiger partial charge in [-0.05, 0) is 32.2 Å². The Hall–Kier alpha value is -0.610. The first-order valence-corrected chi connectivity index (χ1v) is 6.92. The van der Waals surface area contributed by atoms with Gasteiger partial charge in [0, 0.05) is 32.2 Å². The molecule has 1 heterocycles. The lowest BCUT2D eigenvalue weighted by Gasteiger charge is -2.36. The third-order valence-corrected chi connectivity index (χ3v) is 4.06. The zero-order chi connectivity index (χ0) is 12.3. The molecular formula is C13H25N3O. The van der Waals surface area contributed by atoms with Crippen LogP contribution >= 0.6 is 0 Å². The number of hydrogen-bond acceptors (Lipinski definition) is 3. The van der Waals surface area contributed by atoms with Crippen molar-refractivity contribution >= 4 is 5.91 Å². The molecule has 0 radical (unpaired) electrons. The lowest BCUT2D eigenvalue weighted by molar-refractivity contribution is -0.131. The highest BCUT2D eigenvalue weighted by molar-refractivity contribution is 5.78. The predicted octanol–water partition coefficient (Wildman–Crippen LogP) is 0.681. The minimum atomic E-state index is 0.256. The quantitative estimate of drug-likeness (QED) is 0.766. The van der Waals surface area contributed by atoms with Crippen LogP contribution in [0, 0.1) is 0 Å². The second-order valence-corrected chi connectivity index (χ2v) is 5.33. The van der Waals surface area contributed by atoms with Gasteiger partial charge in [0.15, 0.2) is 0 Å². The molecule has 2 rings (SSSR count). The number of piperidine rings is 1. The molecule has 1 aliphatic heterocycles. The molecule has 4 nitrogen and oxygen atoms in total. The second kappa shape index (κ2) is 5.83. The summed E-state index contributed by atoms with van der Waals surface area (Å²) in [6, 6.07) is 1.07. The van der Waals surface area contributed by atoms with E-state index in [-0.39, 0.29) is 5.91 Å². The number of rotatable bonds is 5. The summed E-state index contributed by atoms with van der Waals surface area (Å²) in [6.45, 7) is 6.13. The van der Waals surface area contributed by atoms with E-state index in [0.29, 0.717) is 18.6 Å². The lowest BCUT2D eigenvalue weighted by Crippen LogP contribution is -2.47. The van der Waals surface area contributed by atoms with Crippen LogP contribution in [0.15, 0.2) is 0 Å². The van der Waals surface area contributed by atoms with Crippen LogP contribution in [-0.2, 0) is 4.79 Å². The van der Waals surface area contributed by atoms with E-state index in [1.165, 1.54) is 12.8 Å². The molecular weight excluding hydrogens is 214 g/mol. The molecule has 0 spiro atoms. The number of carbonyl (C=O) groups excluding carboxylic acids is 1. The van der Waals surface area contributed by atoms with Crippen molar-refractivity contribution in [2.45, 2.75) is 44.7 Å². The van der Waals surface area contributed by atoms with Gasteiger partial charge in [-0.3, -0.25) is 4.79 Å². The van der Waals surface area contributed by atoms with Gasteiger partial charge in [-0.2, -0.15) is 0 Å². The molecule has 2 aliphatic rings. The predicted molar refractivity (Wildman–Crippen MR) is 68.9 cm³/mol. The van der Waals surface area contributed by atoms with E-state index in [1.807, 2.05) is 11.9 Å². The summed E-state index contributed by atoms with van der Waals surface area (Å²) in [6.07, 6.45) is 4.73. The van der Waals surface area contributed by atoms with Crippen molar-refractivity contribution in [3.63, 3.8) is 0 Å². The Morgan fingerprint density at radius 2 is 1.94 bits per heavy atom. The highest BCUT2D eigenvalue weighted by atomic mass is 16.2. The van der Waals surface area contributed by atoms with Crippen molar-refractivity contribution in [1.29, 1.82) is 0 Å². The Kier molecular flexibility index (Phi) is 4.40. The fourth-order valence-corrected chi connectivity index (χ4v) is 2.47. The van der Waals surface area contributed by atoms with Gasteiger partial charge in [-0.15, -0.1) is 0 Å². The normalized spacial score (nSPS) is 22.7. The fourth-order valence-electron chi connectivity index (χ4n) is 2.47. The highest BCUT2D eigenvalue weighted by Crippen LogP contribution is 2.19. The minimum absolute atomic E-state index is 0.256. The number of nitrogens with one attached hydrogen (secondary N) is 1. The number of hydrogen-bond donors (Lipinski definition) is 1. The molecule has 0 aromatic carbocycles. The van der Waals surface area contributed by atoms with Gasteiger partial charge in [-0.1, -0.05) is 6.92 Å². The first-order valence-electron chi connectivity index (χ1n) is 6.92. The van der Waals surface area contributed by atoms with Crippen LogP contribution in [0.25, 0.3) is 0 Å². The van der Waals surface area contributed by atoms with E-state index in [2.05, 4.69) is 17.1 Å². The van der Waals surface area contributed by atoms with Crippen molar-refractivity contribution in [3.8, 4) is 0 Å². The largest absolute Gasteiger partial charge is 0.342 e. The van der Waals surface area contributed by atoms with Gasteiger partial charge in [0.2, 0.25) is 5.91 Å². The van der Waals surface area contributed by atoms with Crippen LogP contribution in [0.2, 0.25) is 0 Å². The van der Waals surface area contributed by atoms with Crippen LogP contribution in [0.4, 0.5) is 0 Å². The molecule has 1 amide bonds. The smallest absolute Gasteiger partial charge is 0.236 e. The summed E-state index contributed by atoms with van der Waals surface area (Å²) in [5, 5.41) is 3.29. The summed E-state index contributed by atoms with van der Waals surface area (Å²) >= 11 is 0. The maximum atomic E-state index is 12.0. The number of amides is 1. The second-order valence-electron chi connectivity index (χ2n) is 5.33. The Balaban J connectivity index is 1.70. The Bertz CT molecular complexity index is 257. The summed E-state index contributed by atoms with van der Waals surface area (Å²) < 4.78 is 0. The summed E-state index contributed by atoms with van der Waals surface area (Å²) in [5.41, 5.74) is 0. The van der Waals surface area contributed by atoms with E-state index >= 15 is 0 Å². The molecule has 1 aliphatic carbocycles. The summed E-state index contributed by atoms with van der Waals surface area (Å²) in [4.78, 5) is 16.4. The van der Waals surface area contributed by atoms with Gasteiger partial charge in [0.25, 0.3) is 0 Å². The van der Waals surface area contributed by atoms with Crippen LogP contribution in [-0.4, -0.2) is 61.0 Å². The molecule has 0 aromatic heterocycles. The van der Waals surface area contributed by atoms with Gasteiger partial charge in [0.1, 0.15) is 0 Å². The third-order valence-electron chi connectivity index (χ3n) is 4.06. The maximum Gasteiger partial charge on any atom is 0.236 e. The zero-order valence-corrected chi connectivity index (χ0v) is 11.1. The average Bonchev–Trinajstić information content (AvgIpc) is 3.19. The van der Waals surface area contributed by atoms with Gasteiger partial charge >= 0.3 is 0 Å². The van der Waals surface area contributed by atoms with Crippen molar-refractivity contribution in [3.05, 3.63) is 0 Å². The summed E-state index contributed by atoms with van der Waals surface area (Å²) in [7, 11) is 1.96. The Morgan fingerprint density at radius 1 is 1.29 bits per heavy atom. The Morgan fingerprint density at radius 3 is 2.47 bits per heavy atom. The SMILES string of the molecule is CCN1CCC(N(C)C(=O)CNC2CC2)CC1. The van der Waals surface area contributed by atoms with Crippen molar-refractivity contribution in [1.82, 2.24) is 15.1 Å². The molecule has 0 bridgehead atoms. The third kappa shape index (κ3) is 3.68. The minimum Gasteiger partial charge on any atom is -0.342 e. The molecule has 0 aromatic rings. The molecule has 1 saturated heterocycles. The van der Waals surface area contributed by atoms with E-state index in [4.69, 9.17) is 0 Å². The molecule has 1 N–H and O–H groups in total. The van der Waals surface area contributed by atoms with Crippen LogP contribution in [0.1, 0.15) is 32.6 Å². The van der Waals surface area contributed by atoms with Gasteiger partial charge in [0.05, 0.1) is 6.54 Å². The number of carbonyl (C=O) groups is 1. The molecule has 17 heavy (non-hydrogen) atoms. The molecule has 4 heteroatoms. The lowest BCUT2D eigenvalue weighted by atomic mass is 10.0. The molecule has 0 unspecified atom stereocenters. The monoisotopic (exact) mass is 239 g/mol. The Labute approximate surface area is 104 Å². The van der Waals surface area contributed by atoms with Crippen LogP contribution in [0.5, 0.6) is 0 Å². The fraction of sp³-hybridized carbons (Fsp3) is 0.923. The van der Waals surface area contributed by atoms with E-state index in [9.17, 15) is 4.79 Å². The first kappa shape index (κ1) is 12.8. The van der Waals surface area contributed by atoms with Crippen molar-refractivity contribution in [2.24, 2.45) is 0 Å². The molecule has 1 saturated carbocycles. The van der Waals surface area contributed by atoms with E-state index in [1.54, 1.807) is 0 Å². The van der Waals surface area contributed by atoms with Gasteiger partial charge < -0.3 is 15.1 Å². The van der Waals surface area contributed by atoms with E-state index < -0.39 is 0 Å².